The number of phenolic OH excluding ortho intramolecular Hbond substituents is 2. The van der Waals surface area contributed by atoms with Crippen LogP contribution in [0.25, 0.3) is 0 Å². The first-order chi connectivity index (χ1) is 10.2. The number of rotatable bonds is 3. The zero-order chi connectivity index (χ0) is 14.7. The number of benzene rings is 2. The summed E-state index contributed by atoms with van der Waals surface area (Å²) in [6.07, 6.45) is 3.28. The maximum atomic E-state index is 9.46. The molecule has 0 saturated heterocycles. The first kappa shape index (κ1) is 13.2. The van der Waals surface area contributed by atoms with E-state index in [1.54, 1.807) is 30.6 Å². The average Bonchev–Trinajstić information content (AvgIpc) is 2.52. The first-order valence-corrected chi connectivity index (χ1v) is 6.59. The van der Waals surface area contributed by atoms with Gasteiger partial charge in [-0.15, -0.1) is 0 Å². The minimum atomic E-state index is -0.0765. The topological polar surface area (TPSA) is 68.4 Å². The Hall–Kier alpha value is -2.82. The molecule has 5 nitrogen and oxygen atoms in total. The van der Waals surface area contributed by atoms with Crippen molar-refractivity contribution < 1.29 is 10.2 Å². The van der Waals surface area contributed by atoms with Gasteiger partial charge in [-0.25, -0.2) is 4.99 Å². The summed E-state index contributed by atoms with van der Waals surface area (Å²) in [6.45, 7) is 0.510. The molecule has 5 heteroatoms. The Kier molecular flexibility index (Phi) is 3.55. The van der Waals surface area contributed by atoms with Crippen molar-refractivity contribution in [2.45, 2.75) is 6.04 Å². The summed E-state index contributed by atoms with van der Waals surface area (Å²) in [4.78, 5) is 10.2. The molecule has 2 aromatic carbocycles. The van der Waals surface area contributed by atoms with E-state index in [0.717, 1.165) is 11.1 Å². The summed E-state index contributed by atoms with van der Waals surface area (Å²) in [5.41, 5.74) is 2.03. The molecule has 1 aliphatic rings. The molecule has 2 aromatic rings. The summed E-state index contributed by atoms with van der Waals surface area (Å²) in [5, 5.41) is 18.9. The number of nitrogens with zero attached hydrogens (tertiary/aromatic N) is 3. The molecule has 0 radical (unpaired) electrons. The standard InChI is InChI=1S/C16H15N3O2/c20-14-5-1-12(2-6-14)16(19-10-17-9-18-11-19)13-3-7-15(21)8-4-13/h1-10,16,20-21H,11H2. The SMILES string of the molecule is Oc1ccc(C(c2ccc(O)cc2)N2C=NC=NC2)cc1. The largest absolute Gasteiger partial charge is 0.508 e. The summed E-state index contributed by atoms with van der Waals surface area (Å²) in [7, 11) is 0. The molecule has 21 heavy (non-hydrogen) atoms. The molecule has 1 aliphatic heterocycles. The Labute approximate surface area is 122 Å². The van der Waals surface area contributed by atoms with E-state index in [4.69, 9.17) is 0 Å². The van der Waals surface area contributed by atoms with Gasteiger partial charge >= 0.3 is 0 Å². The highest BCUT2D eigenvalue weighted by Crippen LogP contribution is 2.30. The van der Waals surface area contributed by atoms with E-state index >= 15 is 0 Å². The van der Waals surface area contributed by atoms with Crippen LogP contribution in [0.5, 0.6) is 11.5 Å². The van der Waals surface area contributed by atoms with Gasteiger partial charge < -0.3 is 15.1 Å². The van der Waals surface area contributed by atoms with Gasteiger partial charge in [-0.1, -0.05) is 24.3 Å². The third-order valence-electron chi connectivity index (χ3n) is 3.36. The molecule has 1 heterocycles. The zero-order valence-corrected chi connectivity index (χ0v) is 11.3. The van der Waals surface area contributed by atoms with Crippen LogP contribution in [0.15, 0.2) is 58.5 Å². The van der Waals surface area contributed by atoms with E-state index in [1.165, 1.54) is 6.34 Å². The van der Waals surface area contributed by atoms with E-state index in [9.17, 15) is 10.2 Å². The predicted octanol–water partition coefficient (Wildman–Crippen LogP) is 2.52. The van der Waals surface area contributed by atoms with E-state index in [1.807, 2.05) is 29.2 Å². The van der Waals surface area contributed by atoms with Crippen LogP contribution in [0.4, 0.5) is 0 Å². The highest BCUT2D eigenvalue weighted by Gasteiger charge is 2.21. The fourth-order valence-corrected chi connectivity index (χ4v) is 2.37. The number of phenols is 2. The summed E-state index contributed by atoms with van der Waals surface area (Å²) < 4.78 is 0. The molecule has 0 bridgehead atoms. The van der Waals surface area contributed by atoms with Crippen molar-refractivity contribution in [1.82, 2.24) is 4.90 Å². The van der Waals surface area contributed by atoms with Gasteiger partial charge in [-0.2, -0.15) is 0 Å². The summed E-state index contributed by atoms with van der Waals surface area (Å²) >= 11 is 0. The number of hydrogen-bond donors (Lipinski definition) is 2. The second-order valence-electron chi connectivity index (χ2n) is 4.80. The van der Waals surface area contributed by atoms with Crippen LogP contribution in [0.2, 0.25) is 0 Å². The zero-order valence-electron chi connectivity index (χ0n) is 11.3. The highest BCUT2D eigenvalue weighted by molar-refractivity contribution is 5.73. The van der Waals surface area contributed by atoms with Crippen LogP contribution in [0.1, 0.15) is 17.2 Å². The van der Waals surface area contributed by atoms with Gasteiger partial charge in [-0.3, -0.25) is 4.99 Å². The predicted molar refractivity (Wildman–Crippen MR) is 81.7 cm³/mol. The Morgan fingerprint density at radius 2 is 1.38 bits per heavy atom. The van der Waals surface area contributed by atoms with Crippen LogP contribution in [-0.2, 0) is 0 Å². The Morgan fingerprint density at radius 1 is 0.857 bits per heavy atom. The van der Waals surface area contributed by atoms with Crippen molar-refractivity contribution in [3.63, 3.8) is 0 Å². The lowest BCUT2D eigenvalue weighted by molar-refractivity contribution is 0.375. The van der Waals surface area contributed by atoms with Crippen molar-refractivity contribution in [1.29, 1.82) is 0 Å². The van der Waals surface area contributed by atoms with Crippen molar-refractivity contribution in [3.05, 3.63) is 59.7 Å². The number of aromatic hydroxyl groups is 2. The van der Waals surface area contributed by atoms with Gasteiger partial charge in [0.25, 0.3) is 0 Å². The molecule has 0 spiro atoms. The van der Waals surface area contributed by atoms with Gasteiger partial charge in [0, 0.05) is 0 Å². The van der Waals surface area contributed by atoms with Crippen molar-refractivity contribution in [2.75, 3.05) is 6.67 Å². The third kappa shape index (κ3) is 2.86. The van der Waals surface area contributed by atoms with Gasteiger partial charge in [0.05, 0.1) is 12.4 Å². The maximum Gasteiger partial charge on any atom is 0.115 e. The molecule has 0 aliphatic carbocycles. The normalized spacial score (nSPS) is 13.9. The molecular weight excluding hydrogens is 266 g/mol. The molecule has 106 valence electrons. The van der Waals surface area contributed by atoms with E-state index in [0.29, 0.717) is 6.67 Å². The van der Waals surface area contributed by atoms with Crippen molar-refractivity contribution >= 4 is 12.7 Å². The van der Waals surface area contributed by atoms with Crippen molar-refractivity contribution in [2.24, 2.45) is 9.98 Å². The van der Waals surface area contributed by atoms with Crippen LogP contribution in [0.3, 0.4) is 0 Å². The highest BCUT2D eigenvalue weighted by atomic mass is 16.3. The monoisotopic (exact) mass is 281 g/mol. The van der Waals surface area contributed by atoms with Crippen LogP contribution < -0.4 is 0 Å². The van der Waals surface area contributed by atoms with Crippen LogP contribution >= 0.6 is 0 Å². The fraction of sp³-hybridized carbons (Fsp3) is 0.125. The number of aliphatic imine (C=N–C) groups is 2. The molecular formula is C16H15N3O2. The lowest BCUT2D eigenvalue weighted by atomic mass is 9.97. The molecule has 2 N–H and O–H groups in total. The van der Waals surface area contributed by atoms with Crippen LogP contribution in [0, 0.1) is 0 Å². The van der Waals surface area contributed by atoms with Gasteiger partial charge in [0.1, 0.15) is 24.5 Å². The molecule has 0 saturated carbocycles. The second-order valence-corrected chi connectivity index (χ2v) is 4.80. The van der Waals surface area contributed by atoms with Crippen LogP contribution in [-0.4, -0.2) is 34.5 Å². The molecule has 0 aromatic heterocycles. The summed E-state index contributed by atoms with van der Waals surface area (Å²) in [5.74, 6) is 0.460. The second kappa shape index (κ2) is 5.66. The molecule has 0 atom stereocenters. The fourth-order valence-electron chi connectivity index (χ4n) is 2.37. The van der Waals surface area contributed by atoms with E-state index in [2.05, 4.69) is 9.98 Å². The van der Waals surface area contributed by atoms with Gasteiger partial charge in [-0.05, 0) is 35.4 Å². The maximum absolute atomic E-state index is 9.46. The Bertz CT molecular complexity index is 617. The van der Waals surface area contributed by atoms with Crippen molar-refractivity contribution in [3.8, 4) is 11.5 Å². The smallest absolute Gasteiger partial charge is 0.115 e. The minimum absolute atomic E-state index is 0.0765. The Balaban J connectivity index is 2.01. The van der Waals surface area contributed by atoms with E-state index in [-0.39, 0.29) is 17.5 Å². The molecule has 0 amide bonds. The molecule has 0 unspecified atom stereocenters. The first-order valence-electron chi connectivity index (χ1n) is 6.59. The van der Waals surface area contributed by atoms with Gasteiger partial charge in [0.15, 0.2) is 0 Å². The average molecular weight is 281 g/mol. The van der Waals surface area contributed by atoms with Gasteiger partial charge in [0.2, 0.25) is 0 Å². The minimum Gasteiger partial charge on any atom is -0.508 e. The quantitative estimate of drug-likeness (QED) is 0.908. The Morgan fingerprint density at radius 3 is 1.81 bits per heavy atom. The lowest BCUT2D eigenvalue weighted by Crippen LogP contribution is -2.30. The lowest BCUT2D eigenvalue weighted by Gasteiger charge is -2.30. The molecule has 3 rings (SSSR count). The third-order valence-corrected chi connectivity index (χ3v) is 3.36. The number of hydrogen-bond acceptors (Lipinski definition) is 5. The van der Waals surface area contributed by atoms with E-state index < -0.39 is 0 Å². The summed E-state index contributed by atoms with van der Waals surface area (Å²) in [6, 6.07) is 14.1. The molecule has 0 fully saturated rings.